The van der Waals surface area contributed by atoms with Gasteiger partial charge in [-0.25, -0.2) is 13.2 Å². The standard InChI is InChI=1S/C16H17NO4S/c18-16(19)17-9-7-14(8-10-17)22(20,21)15-6-5-12-3-1-2-4-13(12)11-15/h1-6,11,14H,7-10H2,(H,18,19). The molecule has 0 spiro atoms. The molecule has 0 radical (unpaired) electrons. The Bertz CT molecular complexity index is 808. The Hall–Kier alpha value is -2.08. The van der Waals surface area contributed by atoms with E-state index in [1.807, 2.05) is 30.3 Å². The highest BCUT2D eigenvalue weighted by Gasteiger charge is 2.32. The van der Waals surface area contributed by atoms with Gasteiger partial charge >= 0.3 is 6.09 Å². The van der Waals surface area contributed by atoms with E-state index >= 15 is 0 Å². The van der Waals surface area contributed by atoms with Crippen LogP contribution in [0.1, 0.15) is 12.8 Å². The Balaban J connectivity index is 1.87. The summed E-state index contributed by atoms with van der Waals surface area (Å²) in [6, 6.07) is 12.8. The van der Waals surface area contributed by atoms with Gasteiger partial charge in [0.2, 0.25) is 0 Å². The summed E-state index contributed by atoms with van der Waals surface area (Å²) < 4.78 is 25.5. The zero-order chi connectivity index (χ0) is 15.7. The summed E-state index contributed by atoms with van der Waals surface area (Å²) in [5.41, 5.74) is 0. The van der Waals surface area contributed by atoms with Gasteiger partial charge < -0.3 is 10.0 Å². The molecule has 0 saturated carbocycles. The van der Waals surface area contributed by atoms with Crippen molar-refractivity contribution in [3.8, 4) is 0 Å². The summed E-state index contributed by atoms with van der Waals surface area (Å²) in [5.74, 6) is 0. The Labute approximate surface area is 129 Å². The van der Waals surface area contributed by atoms with E-state index in [0.717, 1.165) is 10.8 Å². The number of fused-ring (bicyclic) bond motifs is 1. The van der Waals surface area contributed by atoms with Gasteiger partial charge in [-0.3, -0.25) is 0 Å². The van der Waals surface area contributed by atoms with Crippen LogP contribution < -0.4 is 0 Å². The fourth-order valence-electron chi connectivity index (χ4n) is 2.89. The molecule has 2 aromatic carbocycles. The third kappa shape index (κ3) is 2.66. The number of rotatable bonds is 2. The third-order valence-electron chi connectivity index (χ3n) is 4.20. The van der Waals surface area contributed by atoms with Crippen molar-refractivity contribution in [2.24, 2.45) is 0 Å². The average molecular weight is 319 g/mol. The van der Waals surface area contributed by atoms with E-state index < -0.39 is 21.2 Å². The molecule has 116 valence electrons. The number of benzene rings is 2. The lowest BCUT2D eigenvalue weighted by Crippen LogP contribution is -2.41. The minimum absolute atomic E-state index is 0.271. The lowest BCUT2D eigenvalue weighted by Gasteiger charge is -2.29. The van der Waals surface area contributed by atoms with Crippen molar-refractivity contribution in [3.63, 3.8) is 0 Å². The van der Waals surface area contributed by atoms with E-state index in [-0.39, 0.29) is 13.1 Å². The first kappa shape index (κ1) is 14.8. The van der Waals surface area contributed by atoms with Gasteiger partial charge in [-0.1, -0.05) is 30.3 Å². The molecule has 2 aromatic rings. The molecule has 5 nitrogen and oxygen atoms in total. The summed E-state index contributed by atoms with van der Waals surface area (Å²) >= 11 is 0. The molecular formula is C16H17NO4S. The van der Waals surface area contributed by atoms with E-state index in [2.05, 4.69) is 0 Å². The van der Waals surface area contributed by atoms with Crippen molar-refractivity contribution < 1.29 is 18.3 Å². The first-order valence-electron chi connectivity index (χ1n) is 7.19. The molecule has 1 saturated heterocycles. The molecule has 6 heteroatoms. The van der Waals surface area contributed by atoms with E-state index in [0.29, 0.717) is 17.7 Å². The second-order valence-corrected chi connectivity index (χ2v) is 7.75. The highest BCUT2D eigenvalue weighted by Crippen LogP contribution is 2.27. The Kier molecular flexibility index (Phi) is 3.78. The Morgan fingerprint density at radius 2 is 1.68 bits per heavy atom. The van der Waals surface area contributed by atoms with Gasteiger partial charge in [0.05, 0.1) is 10.1 Å². The van der Waals surface area contributed by atoms with Crippen LogP contribution in [0.5, 0.6) is 0 Å². The highest BCUT2D eigenvalue weighted by molar-refractivity contribution is 7.92. The topological polar surface area (TPSA) is 74.7 Å². The lowest BCUT2D eigenvalue weighted by molar-refractivity contribution is 0.136. The summed E-state index contributed by atoms with van der Waals surface area (Å²) in [6.45, 7) is 0.541. The summed E-state index contributed by atoms with van der Waals surface area (Å²) in [4.78, 5) is 12.5. The number of piperidine rings is 1. The molecule has 3 rings (SSSR count). The fraction of sp³-hybridized carbons (Fsp3) is 0.312. The number of hydrogen-bond donors (Lipinski definition) is 1. The SMILES string of the molecule is O=C(O)N1CCC(S(=O)(=O)c2ccc3ccccc3c2)CC1. The van der Waals surface area contributed by atoms with Crippen LogP contribution in [0.15, 0.2) is 47.4 Å². The molecular weight excluding hydrogens is 302 g/mol. The van der Waals surface area contributed by atoms with Crippen LogP contribution in [0, 0.1) is 0 Å². The Morgan fingerprint density at radius 3 is 2.32 bits per heavy atom. The summed E-state index contributed by atoms with van der Waals surface area (Å²) in [5, 5.41) is 10.3. The van der Waals surface area contributed by atoms with E-state index in [1.165, 1.54) is 4.90 Å². The fourth-order valence-corrected chi connectivity index (χ4v) is 4.66. The maximum atomic E-state index is 12.7. The van der Waals surface area contributed by atoms with Gasteiger partial charge in [0.25, 0.3) is 0 Å². The summed E-state index contributed by atoms with van der Waals surface area (Å²) in [7, 11) is -3.42. The van der Waals surface area contributed by atoms with Gasteiger partial charge in [0.15, 0.2) is 9.84 Å². The molecule has 0 aromatic heterocycles. The van der Waals surface area contributed by atoms with Gasteiger partial charge in [0.1, 0.15) is 0 Å². The molecule has 0 aliphatic carbocycles. The zero-order valence-corrected chi connectivity index (χ0v) is 12.8. The van der Waals surface area contributed by atoms with Gasteiger partial charge in [-0.15, -0.1) is 0 Å². The molecule has 22 heavy (non-hydrogen) atoms. The van der Waals surface area contributed by atoms with Crippen molar-refractivity contribution in [2.45, 2.75) is 23.0 Å². The lowest BCUT2D eigenvalue weighted by atomic mass is 10.1. The molecule has 1 aliphatic heterocycles. The van der Waals surface area contributed by atoms with Crippen molar-refractivity contribution in [3.05, 3.63) is 42.5 Å². The molecule has 1 aliphatic rings. The van der Waals surface area contributed by atoms with Crippen LogP contribution >= 0.6 is 0 Å². The van der Waals surface area contributed by atoms with Gasteiger partial charge in [-0.05, 0) is 35.7 Å². The van der Waals surface area contributed by atoms with E-state index in [9.17, 15) is 13.2 Å². The molecule has 0 atom stereocenters. The van der Waals surface area contributed by atoms with Crippen molar-refractivity contribution in [1.29, 1.82) is 0 Å². The minimum Gasteiger partial charge on any atom is -0.465 e. The number of nitrogens with zero attached hydrogens (tertiary/aromatic N) is 1. The molecule has 1 fully saturated rings. The number of carbonyl (C=O) groups is 1. The normalized spacial score (nSPS) is 16.8. The van der Waals surface area contributed by atoms with E-state index in [1.54, 1.807) is 12.1 Å². The van der Waals surface area contributed by atoms with Crippen LogP contribution in [0.2, 0.25) is 0 Å². The predicted octanol–water partition coefficient (Wildman–Crippen LogP) is 2.76. The van der Waals surface area contributed by atoms with Gasteiger partial charge in [-0.2, -0.15) is 0 Å². The van der Waals surface area contributed by atoms with E-state index in [4.69, 9.17) is 5.11 Å². The van der Waals surface area contributed by atoms with Crippen LogP contribution in [0.4, 0.5) is 4.79 Å². The maximum absolute atomic E-state index is 12.7. The first-order chi connectivity index (χ1) is 10.5. The summed E-state index contributed by atoms with van der Waals surface area (Å²) in [6.07, 6.45) is -0.287. The predicted molar refractivity (Wildman–Crippen MR) is 83.8 cm³/mol. The van der Waals surface area contributed by atoms with Crippen LogP contribution in [0.25, 0.3) is 10.8 Å². The largest absolute Gasteiger partial charge is 0.465 e. The quantitative estimate of drug-likeness (QED) is 0.923. The number of hydrogen-bond acceptors (Lipinski definition) is 3. The highest BCUT2D eigenvalue weighted by atomic mass is 32.2. The van der Waals surface area contributed by atoms with Crippen LogP contribution in [0.3, 0.4) is 0 Å². The van der Waals surface area contributed by atoms with Crippen LogP contribution in [-0.2, 0) is 9.84 Å². The second kappa shape index (κ2) is 5.61. The maximum Gasteiger partial charge on any atom is 0.407 e. The molecule has 0 unspecified atom stereocenters. The second-order valence-electron chi connectivity index (χ2n) is 5.52. The first-order valence-corrected chi connectivity index (χ1v) is 8.74. The van der Waals surface area contributed by atoms with Crippen molar-refractivity contribution in [2.75, 3.05) is 13.1 Å². The smallest absolute Gasteiger partial charge is 0.407 e. The molecule has 1 N–H and O–H groups in total. The number of likely N-dealkylation sites (tertiary alicyclic amines) is 1. The number of sulfone groups is 1. The molecule has 1 heterocycles. The van der Waals surface area contributed by atoms with Gasteiger partial charge in [0, 0.05) is 13.1 Å². The average Bonchev–Trinajstić information content (AvgIpc) is 2.54. The Morgan fingerprint density at radius 1 is 1.05 bits per heavy atom. The monoisotopic (exact) mass is 319 g/mol. The third-order valence-corrected chi connectivity index (χ3v) is 6.46. The molecule has 0 bridgehead atoms. The zero-order valence-electron chi connectivity index (χ0n) is 12.0. The van der Waals surface area contributed by atoms with Crippen LogP contribution in [-0.4, -0.2) is 42.9 Å². The van der Waals surface area contributed by atoms with Crippen molar-refractivity contribution in [1.82, 2.24) is 4.90 Å². The molecule has 1 amide bonds. The number of amides is 1. The minimum atomic E-state index is -3.42. The van der Waals surface area contributed by atoms with Crippen molar-refractivity contribution >= 4 is 26.7 Å². The number of carboxylic acid groups (broad SMARTS) is 1.